The number of benzene rings is 4. The van der Waals surface area contributed by atoms with Crippen LogP contribution in [0.3, 0.4) is 0 Å². The van der Waals surface area contributed by atoms with Crippen molar-refractivity contribution in [1.82, 2.24) is 5.32 Å². The maximum Gasteiger partial charge on any atom is 0.245 e. The molecule has 0 aromatic heterocycles. The first kappa shape index (κ1) is 33.4. The number of nitrogens with one attached hydrogen (secondary N) is 1. The molecule has 0 fully saturated rings. The average molecular weight is 620 g/mol. The first-order valence-corrected chi connectivity index (χ1v) is 17.6. The Balaban J connectivity index is 1.21. The van der Waals surface area contributed by atoms with Gasteiger partial charge in [0.25, 0.3) is 0 Å². The molecule has 4 rings (SSSR count). The van der Waals surface area contributed by atoms with Crippen molar-refractivity contribution in [3.05, 3.63) is 130 Å². The Kier molecular flexibility index (Phi) is 12.2. The fraction of sp³-hybridized carbons (Fsp3) is 0.351. The van der Waals surface area contributed by atoms with Gasteiger partial charge in [0.05, 0.1) is 6.61 Å². The highest BCUT2D eigenvalue weighted by molar-refractivity contribution is 7.58. The lowest BCUT2D eigenvalue weighted by Gasteiger charge is -2.20. The van der Waals surface area contributed by atoms with Gasteiger partial charge in [-0.25, -0.2) is 8.78 Å². The van der Waals surface area contributed by atoms with E-state index in [0.717, 1.165) is 66.3 Å². The smallest absolute Gasteiger partial charge is 0.245 e. The number of hydrogen-bond donors (Lipinski definition) is 1. The minimum atomic E-state index is -2.69. The molecule has 1 N–H and O–H groups in total. The van der Waals surface area contributed by atoms with Crippen LogP contribution in [-0.2, 0) is 11.1 Å². The summed E-state index contributed by atoms with van der Waals surface area (Å²) in [6.07, 6.45) is 3.69. The van der Waals surface area contributed by atoms with E-state index in [1.54, 1.807) is 12.7 Å². The van der Waals surface area contributed by atoms with E-state index in [-0.39, 0.29) is 5.92 Å². The minimum absolute atomic E-state index is 0.149. The molecule has 0 aliphatic carbocycles. The Bertz CT molecular complexity index is 1560. The number of aryl methyl sites for hydroxylation is 3. The van der Waals surface area contributed by atoms with Gasteiger partial charge in [-0.15, -0.1) is 0 Å². The number of hydrogen-bond acceptors (Lipinski definition) is 4. The fourth-order valence-electron chi connectivity index (χ4n) is 5.36. The summed E-state index contributed by atoms with van der Waals surface area (Å²) in [6.45, 7) is 9.88. The average Bonchev–Trinajstić information content (AvgIpc) is 2.98. The summed E-state index contributed by atoms with van der Waals surface area (Å²) in [5.74, 6) is 0.287. The monoisotopic (exact) mass is 619 g/mol. The van der Waals surface area contributed by atoms with Crippen LogP contribution in [-0.4, -0.2) is 26.0 Å². The summed E-state index contributed by atoms with van der Waals surface area (Å²) in [5, 5.41) is 3.43. The Morgan fingerprint density at radius 1 is 0.818 bits per heavy atom. The minimum Gasteiger partial charge on any atom is -0.493 e. The van der Waals surface area contributed by atoms with Crippen molar-refractivity contribution in [3.63, 3.8) is 0 Å². The third-order valence-corrected chi connectivity index (χ3v) is 9.67. The Hall–Kier alpha value is -3.47. The molecule has 2 unspecified atom stereocenters. The molecule has 0 aliphatic heterocycles. The van der Waals surface area contributed by atoms with Crippen molar-refractivity contribution in [2.75, 3.05) is 26.0 Å². The molecule has 0 bridgehead atoms. The van der Waals surface area contributed by atoms with Gasteiger partial charge < -0.3 is 14.6 Å². The Morgan fingerprint density at radius 2 is 1.61 bits per heavy atom. The standard InChI is InChI=1S/C37H44F2NO3P/c1-27-14-16-31(24-28(27)2)34(35-18-17-32(38)25-36(35)39)13-8-9-21-42-37-19-15-30(23-29(37)3)26-40-20-10-22-44(4,41)43-33-11-6-5-7-12-33/h5-7,11-12,14-19,23-25,34,40H,8-10,13,20-22,26H2,1-4H3. The summed E-state index contributed by atoms with van der Waals surface area (Å²) in [7, 11) is -2.69. The topological polar surface area (TPSA) is 47.6 Å². The van der Waals surface area contributed by atoms with Crippen LogP contribution in [0.15, 0.2) is 84.9 Å². The SMILES string of the molecule is Cc1ccc(C(CCCCOc2ccc(CNCCCP(C)(=O)Oc3ccccc3)cc2C)c2ccc(F)cc2F)cc1C. The normalized spacial score (nSPS) is 13.3. The molecule has 0 aliphatic rings. The molecule has 0 heterocycles. The first-order valence-electron chi connectivity index (χ1n) is 15.4. The predicted molar refractivity (Wildman–Crippen MR) is 176 cm³/mol. The van der Waals surface area contributed by atoms with E-state index in [0.29, 0.717) is 30.6 Å². The second-order valence-corrected chi connectivity index (χ2v) is 14.3. The highest BCUT2D eigenvalue weighted by Crippen LogP contribution is 2.43. The Labute approximate surface area is 261 Å². The molecular formula is C37H44F2NO3P. The van der Waals surface area contributed by atoms with Crippen LogP contribution in [0.4, 0.5) is 8.78 Å². The van der Waals surface area contributed by atoms with E-state index < -0.39 is 19.0 Å². The number of unbranched alkanes of at least 4 members (excludes halogenated alkanes) is 1. The maximum absolute atomic E-state index is 14.8. The summed E-state index contributed by atoms with van der Waals surface area (Å²) in [4.78, 5) is 0. The third kappa shape index (κ3) is 10.0. The maximum atomic E-state index is 14.8. The van der Waals surface area contributed by atoms with E-state index in [9.17, 15) is 13.3 Å². The molecular weight excluding hydrogens is 575 g/mol. The fourth-order valence-corrected chi connectivity index (χ4v) is 6.75. The summed E-state index contributed by atoms with van der Waals surface area (Å²) in [5.41, 5.74) is 6.15. The predicted octanol–water partition coefficient (Wildman–Crippen LogP) is 9.74. The van der Waals surface area contributed by atoms with E-state index in [1.165, 1.54) is 11.6 Å². The van der Waals surface area contributed by atoms with Crippen molar-refractivity contribution in [2.45, 2.75) is 58.9 Å². The van der Waals surface area contributed by atoms with Gasteiger partial charge in [0.2, 0.25) is 7.37 Å². The molecule has 2 atom stereocenters. The number of rotatable bonds is 16. The molecule has 0 radical (unpaired) electrons. The second kappa shape index (κ2) is 16.0. The molecule has 7 heteroatoms. The highest BCUT2D eigenvalue weighted by atomic mass is 31.2. The van der Waals surface area contributed by atoms with Crippen LogP contribution in [0, 0.1) is 32.4 Å². The summed E-state index contributed by atoms with van der Waals surface area (Å²) < 4.78 is 53.0. The van der Waals surface area contributed by atoms with E-state index >= 15 is 0 Å². The lowest BCUT2D eigenvalue weighted by Crippen LogP contribution is -2.16. The molecule has 0 saturated heterocycles. The van der Waals surface area contributed by atoms with Gasteiger partial charge >= 0.3 is 0 Å². The lowest BCUT2D eigenvalue weighted by atomic mass is 9.85. The molecule has 4 aromatic rings. The van der Waals surface area contributed by atoms with Crippen LogP contribution in [0.2, 0.25) is 0 Å². The van der Waals surface area contributed by atoms with Gasteiger partial charge in [-0.05, 0) is 111 Å². The third-order valence-electron chi connectivity index (χ3n) is 7.94. The number of para-hydroxylation sites is 1. The Morgan fingerprint density at radius 3 is 2.34 bits per heavy atom. The molecule has 0 saturated carbocycles. The quantitative estimate of drug-likeness (QED) is 0.100. The van der Waals surface area contributed by atoms with Gasteiger partial charge in [-0.2, -0.15) is 0 Å². The van der Waals surface area contributed by atoms with E-state index in [4.69, 9.17) is 9.26 Å². The molecule has 0 amide bonds. The van der Waals surface area contributed by atoms with Crippen LogP contribution < -0.4 is 14.6 Å². The van der Waals surface area contributed by atoms with Crippen molar-refractivity contribution in [1.29, 1.82) is 0 Å². The zero-order chi connectivity index (χ0) is 31.5. The number of halogens is 2. The zero-order valence-electron chi connectivity index (χ0n) is 26.2. The second-order valence-electron chi connectivity index (χ2n) is 11.7. The zero-order valence-corrected chi connectivity index (χ0v) is 27.1. The molecule has 44 heavy (non-hydrogen) atoms. The van der Waals surface area contributed by atoms with Crippen LogP contribution in [0.1, 0.15) is 65.0 Å². The highest BCUT2D eigenvalue weighted by Gasteiger charge is 2.19. The number of ether oxygens (including phenoxy) is 1. The van der Waals surface area contributed by atoms with Gasteiger partial charge in [0.15, 0.2) is 0 Å². The van der Waals surface area contributed by atoms with Crippen molar-refractivity contribution >= 4 is 7.37 Å². The summed E-state index contributed by atoms with van der Waals surface area (Å²) >= 11 is 0. The van der Waals surface area contributed by atoms with Crippen LogP contribution in [0.25, 0.3) is 0 Å². The van der Waals surface area contributed by atoms with Crippen LogP contribution in [0.5, 0.6) is 11.5 Å². The largest absolute Gasteiger partial charge is 0.493 e. The van der Waals surface area contributed by atoms with Gasteiger partial charge in [0, 0.05) is 31.4 Å². The van der Waals surface area contributed by atoms with Gasteiger partial charge in [-0.3, -0.25) is 4.57 Å². The van der Waals surface area contributed by atoms with E-state index in [1.807, 2.05) is 43.3 Å². The lowest BCUT2D eigenvalue weighted by molar-refractivity contribution is 0.302. The van der Waals surface area contributed by atoms with Crippen LogP contribution >= 0.6 is 7.37 Å². The molecule has 234 valence electrons. The van der Waals surface area contributed by atoms with Gasteiger partial charge in [-0.1, -0.05) is 54.6 Å². The van der Waals surface area contributed by atoms with Crippen molar-refractivity contribution < 1.29 is 22.6 Å². The molecule has 4 aromatic carbocycles. The van der Waals surface area contributed by atoms with Gasteiger partial charge in [0.1, 0.15) is 23.1 Å². The van der Waals surface area contributed by atoms with Crippen molar-refractivity contribution in [3.8, 4) is 11.5 Å². The van der Waals surface area contributed by atoms with Crippen molar-refractivity contribution in [2.24, 2.45) is 0 Å². The molecule has 4 nitrogen and oxygen atoms in total. The first-order chi connectivity index (χ1) is 21.1. The molecule has 0 spiro atoms. The summed E-state index contributed by atoms with van der Waals surface area (Å²) in [6, 6.07) is 25.6. The van der Waals surface area contributed by atoms with E-state index in [2.05, 4.69) is 49.5 Å².